The third-order valence-electron chi connectivity index (χ3n) is 3.59. The SMILES string of the molecule is CCCNC(c1cccc2nccnc12)c1ccnn1C. The van der Waals surface area contributed by atoms with Crippen LogP contribution in [0.5, 0.6) is 0 Å². The van der Waals surface area contributed by atoms with Crippen molar-refractivity contribution in [1.82, 2.24) is 25.1 Å². The van der Waals surface area contributed by atoms with Crippen LogP contribution in [0.15, 0.2) is 42.9 Å². The molecule has 0 fully saturated rings. The molecule has 5 nitrogen and oxygen atoms in total. The minimum absolute atomic E-state index is 0.0675. The molecule has 108 valence electrons. The van der Waals surface area contributed by atoms with Crippen molar-refractivity contribution < 1.29 is 0 Å². The van der Waals surface area contributed by atoms with E-state index in [1.165, 1.54) is 0 Å². The van der Waals surface area contributed by atoms with Gasteiger partial charge in [-0.25, -0.2) is 0 Å². The van der Waals surface area contributed by atoms with E-state index >= 15 is 0 Å². The van der Waals surface area contributed by atoms with Crippen LogP contribution in [0.2, 0.25) is 0 Å². The Kier molecular flexibility index (Phi) is 3.92. The van der Waals surface area contributed by atoms with Gasteiger partial charge in [0.05, 0.1) is 22.8 Å². The summed E-state index contributed by atoms with van der Waals surface area (Å²) in [7, 11) is 1.97. The van der Waals surface area contributed by atoms with Gasteiger partial charge in [-0.3, -0.25) is 14.6 Å². The Labute approximate surface area is 124 Å². The Morgan fingerprint density at radius 3 is 2.76 bits per heavy atom. The Balaban J connectivity index is 2.12. The normalized spacial score (nSPS) is 12.7. The van der Waals surface area contributed by atoms with Crippen LogP contribution in [-0.4, -0.2) is 26.3 Å². The van der Waals surface area contributed by atoms with Gasteiger partial charge in [0.25, 0.3) is 0 Å². The molecule has 5 heteroatoms. The van der Waals surface area contributed by atoms with Gasteiger partial charge in [-0.2, -0.15) is 5.10 Å². The molecule has 2 aromatic heterocycles. The molecule has 0 aliphatic carbocycles. The van der Waals surface area contributed by atoms with Gasteiger partial charge >= 0.3 is 0 Å². The summed E-state index contributed by atoms with van der Waals surface area (Å²) in [5, 5.41) is 7.88. The first-order chi connectivity index (χ1) is 10.3. The van der Waals surface area contributed by atoms with Gasteiger partial charge in [-0.05, 0) is 25.1 Å². The van der Waals surface area contributed by atoms with Gasteiger partial charge in [-0.15, -0.1) is 0 Å². The second-order valence-corrected chi connectivity index (χ2v) is 5.04. The lowest BCUT2D eigenvalue weighted by atomic mass is 10.0. The minimum Gasteiger partial charge on any atom is -0.305 e. The number of aryl methyl sites for hydroxylation is 1. The molecule has 3 rings (SSSR count). The van der Waals surface area contributed by atoms with Crippen molar-refractivity contribution in [1.29, 1.82) is 0 Å². The van der Waals surface area contributed by atoms with E-state index in [1.54, 1.807) is 12.4 Å². The lowest BCUT2D eigenvalue weighted by Crippen LogP contribution is -2.25. The zero-order chi connectivity index (χ0) is 14.7. The van der Waals surface area contributed by atoms with E-state index in [4.69, 9.17) is 0 Å². The Morgan fingerprint density at radius 2 is 2.00 bits per heavy atom. The molecule has 0 amide bonds. The van der Waals surface area contributed by atoms with Crippen LogP contribution in [0.25, 0.3) is 11.0 Å². The summed E-state index contributed by atoms with van der Waals surface area (Å²) in [5.74, 6) is 0. The van der Waals surface area contributed by atoms with E-state index in [0.717, 1.165) is 35.3 Å². The fourth-order valence-corrected chi connectivity index (χ4v) is 2.58. The number of fused-ring (bicyclic) bond motifs is 1. The van der Waals surface area contributed by atoms with Crippen LogP contribution >= 0.6 is 0 Å². The first-order valence-corrected chi connectivity index (χ1v) is 7.22. The Morgan fingerprint density at radius 1 is 1.14 bits per heavy atom. The van der Waals surface area contributed by atoms with Gasteiger partial charge < -0.3 is 5.32 Å². The van der Waals surface area contributed by atoms with Crippen LogP contribution in [0.4, 0.5) is 0 Å². The molecule has 0 aliphatic rings. The summed E-state index contributed by atoms with van der Waals surface area (Å²) in [6, 6.07) is 8.24. The highest BCUT2D eigenvalue weighted by atomic mass is 15.3. The maximum absolute atomic E-state index is 4.52. The molecule has 0 aliphatic heterocycles. The first-order valence-electron chi connectivity index (χ1n) is 7.22. The molecule has 1 atom stereocenters. The minimum atomic E-state index is 0.0675. The summed E-state index contributed by atoms with van der Waals surface area (Å²) in [5.41, 5.74) is 4.12. The second-order valence-electron chi connectivity index (χ2n) is 5.04. The van der Waals surface area contributed by atoms with Crippen LogP contribution in [-0.2, 0) is 7.05 Å². The number of rotatable bonds is 5. The molecule has 2 heterocycles. The highest BCUT2D eigenvalue weighted by Gasteiger charge is 2.19. The van der Waals surface area contributed by atoms with E-state index in [1.807, 2.05) is 36.1 Å². The molecule has 0 saturated carbocycles. The quantitative estimate of drug-likeness (QED) is 0.780. The summed E-state index contributed by atoms with van der Waals surface area (Å²) >= 11 is 0. The number of hydrogen-bond acceptors (Lipinski definition) is 4. The van der Waals surface area contributed by atoms with Crippen LogP contribution in [0.1, 0.15) is 30.6 Å². The summed E-state index contributed by atoms with van der Waals surface area (Å²) in [6.45, 7) is 3.10. The van der Waals surface area contributed by atoms with Gasteiger partial charge in [0.1, 0.15) is 0 Å². The third kappa shape index (κ3) is 2.64. The number of hydrogen-bond donors (Lipinski definition) is 1. The van der Waals surface area contributed by atoms with Crippen molar-refractivity contribution in [2.24, 2.45) is 7.05 Å². The fraction of sp³-hybridized carbons (Fsp3) is 0.312. The molecule has 0 bridgehead atoms. The number of benzene rings is 1. The highest BCUT2D eigenvalue weighted by molar-refractivity contribution is 5.78. The Bertz CT molecular complexity index is 729. The molecule has 21 heavy (non-hydrogen) atoms. The first kappa shape index (κ1) is 13.7. The molecule has 0 saturated heterocycles. The molecule has 1 unspecified atom stereocenters. The standard InChI is InChI=1S/C16H19N5/c1-3-8-18-16(14-7-9-20-21(14)2)12-5-4-6-13-15(12)19-11-10-17-13/h4-7,9-11,16,18H,3,8H2,1-2H3. The number of para-hydroxylation sites is 1. The van der Waals surface area contributed by atoms with Gasteiger partial charge in [0.15, 0.2) is 0 Å². The number of nitrogens with one attached hydrogen (secondary N) is 1. The van der Waals surface area contributed by atoms with Gasteiger partial charge in [-0.1, -0.05) is 19.1 Å². The average Bonchev–Trinajstić information content (AvgIpc) is 2.94. The maximum Gasteiger partial charge on any atom is 0.0938 e. The van der Waals surface area contributed by atoms with Gasteiger partial charge in [0, 0.05) is 31.2 Å². The Hall–Kier alpha value is -2.27. The van der Waals surface area contributed by atoms with E-state index < -0.39 is 0 Å². The molecule has 0 radical (unpaired) electrons. The summed E-state index contributed by atoms with van der Waals surface area (Å²) < 4.78 is 1.91. The van der Waals surface area contributed by atoms with Crippen molar-refractivity contribution in [2.75, 3.05) is 6.54 Å². The van der Waals surface area contributed by atoms with Crippen molar-refractivity contribution in [3.63, 3.8) is 0 Å². The van der Waals surface area contributed by atoms with Crippen LogP contribution in [0.3, 0.4) is 0 Å². The van der Waals surface area contributed by atoms with Crippen molar-refractivity contribution >= 4 is 11.0 Å². The van der Waals surface area contributed by atoms with E-state index in [9.17, 15) is 0 Å². The van der Waals surface area contributed by atoms with Crippen molar-refractivity contribution in [3.8, 4) is 0 Å². The van der Waals surface area contributed by atoms with E-state index in [2.05, 4.69) is 33.4 Å². The zero-order valence-corrected chi connectivity index (χ0v) is 12.3. The largest absolute Gasteiger partial charge is 0.305 e. The molecular formula is C16H19N5. The van der Waals surface area contributed by atoms with E-state index in [0.29, 0.717) is 0 Å². The molecule has 3 aromatic rings. The lowest BCUT2D eigenvalue weighted by Gasteiger charge is -2.20. The topological polar surface area (TPSA) is 55.6 Å². The van der Waals surface area contributed by atoms with Crippen LogP contribution in [0, 0.1) is 0 Å². The highest BCUT2D eigenvalue weighted by Crippen LogP contribution is 2.26. The molecule has 0 spiro atoms. The predicted molar refractivity (Wildman–Crippen MR) is 82.9 cm³/mol. The molecular weight excluding hydrogens is 262 g/mol. The van der Waals surface area contributed by atoms with Gasteiger partial charge in [0.2, 0.25) is 0 Å². The smallest absolute Gasteiger partial charge is 0.0938 e. The summed E-state index contributed by atoms with van der Waals surface area (Å²) in [6.07, 6.45) is 6.37. The summed E-state index contributed by atoms with van der Waals surface area (Å²) in [4.78, 5) is 8.91. The third-order valence-corrected chi connectivity index (χ3v) is 3.59. The fourth-order valence-electron chi connectivity index (χ4n) is 2.58. The molecule has 1 aromatic carbocycles. The second kappa shape index (κ2) is 6.01. The maximum atomic E-state index is 4.52. The van der Waals surface area contributed by atoms with Crippen molar-refractivity contribution in [3.05, 3.63) is 54.1 Å². The zero-order valence-electron chi connectivity index (χ0n) is 12.3. The van der Waals surface area contributed by atoms with Crippen LogP contribution < -0.4 is 5.32 Å². The average molecular weight is 281 g/mol. The lowest BCUT2D eigenvalue weighted by molar-refractivity contribution is 0.555. The van der Waals surface area contributed by atoms with Crippen molar-refractivity contribution in [2.45, 2.75) is 19.4 Å². The van der Waals surface area contributed by atoms with E-state index in [-0.39, 0.29) is 6.04 Å². The predicted octanol–water partition coefficient (Wildman–Crippen LogP) is 2.45. The number of aromatic nitrogens is 4. The number of nitrogens with zero attached hydrogens (tertiary/aromatic N) is 4. The molecule has 1 N–H and O–H groups in total. The monoisotopic (exact) mass is 281 g/mol.